The Morgan fingerprint density at radius 1 is 1.07 bits per heavy atom. The van der Waals surface area contributed by atoms with E-state index < -0.39 is 62.1 Å². The fourth-order valence-electron chi connectivity index (χ4n) is 7.86. The number of likely N-dealkylation sites (tertiary alicyclic amines) is 1. The van der Waals surface area contributed by atoms with Gasteiger partial charge in [-0.05, 0) is 84.8 Å². The predicted octanol–water partition coefficient (Wildman–Crippen LogP) is 3.86. The van der Waals surface area contributed by atoms with Crippen LogP contribution in [0, 0.1) is 12.8 Å². The molecule has 5 aliphatic rings. The van der Waals surface area contributed by atoms with E-state index in [-0.39, 0.29) is 31.5 Å². The molecule has 0 bridgehead atoms. The number of sulfonamides is 1. The maximum absolute atomic E-state index is 14.6. The number of fused-ring (bicyclic) bond motifs is 3. The molecular formula is C40H54N6O9S. The van der Waals surface area contributed by atoms with Gasteiger partial charge in [-0.2, -0.15) is 0 Å². The first-order valence-electron chi connectivity index (χ1n) is 19.9. The number of amides is 5. The summed E-state index contributed by atoms with van der Waals surface area (Å²) in [6.45, 7) is 8.51. The summed E-state index contributed by atoms with van der Waals surface area (Å²) in [6.07, 6.45) is 8.44. The highest BCUT2D eigenvalue weighted by molar-refractivity contribution is 7.91. The quantitative estimate of drug-likeness (QED) is 0.315. The van der Waals surface area contributed by atoms with Gasteiger partial charge in [0.2, 0.25) is 27.7 Å². The Bertz CT molecular complexity index is 2030. The molecule has 3 aliphatic heterocycles. The molecule has 1 aromatic carbocycles. The third-order valence-electron chi connectivity index (χ3n) is 11.9. The number of nitrogens with zero attached hydrogens (tertiary/aromatic N) is 3. The summed E-state index contributed by atoms with van der Waals surface area (Å²) in [6, 6.07) is 3.06. The van der Waals surface area contributed by atoms with E-state index >= 15 is 0 Å². The third-order valence-corrected chi connectivity index (χ3v) is 14.1. The van der Waals surface area contributed by atoms with Crippen LogP contribution >= 0.6 is 0 Å². The molecule has 15 nitrogen and oxygen atoms in total. The Kier molecular flexibility index (Phi) is 10.9. The molecule has 5 amide bonds. The number of nitrogens with one attached hydrogen (secondary N) is 3. The topological polar surface area (TPSA) is 186 Å². The number of ether oxygens (including phenoxy) is 3. The lowest BCUT2D eigenvalue weighted by molar-refractivity contribution is -0.141. The van der Waals surface area contributed by atoms with Gasteiger partial charge in [0, 0.05) is 42.4 Å². The summed E-state index contributed by atoms with van der Waals surface area (Å²) in [7, 11) is -2.40. The van der Waals surface area contributed by atoms with E-state index in [0.29, 0.717) is 73.5 Å². The Balaban J connectivity index is 1.22. The first kappa shape index (κ1) is 39.6. The van der Waals surface area contributed by atoms with Crippen molar-refractivity contribution in [1.29, 1.82) is 0 Å². The van der Waals surface area contributed by atoms with Crippen LogP contribution in [0.2, 0.25) is 0 Å². The van der Waals surface area contributed by atoms with Crippen LogP contribution in [0.5, 0.6) is 17.4 Å². The molecule has 0 unspecified atom stereocenters. The SMILES string of the molecule is COc1ccc2c(O[C@@H]3C[C@H]4C(=O)N[C@]5(C(=O)NS(=O)(=O)C6(C)CC6)C[C@H]5C=CCCCCC[C@H](NC(=O)N5CCC5)C(=O)N4C3)cc(OC(C)C)nc2c1C. The minimum atomic E-state index is -3.99. The van der Waals surface area contributed by atoms with E-state index in [1.165, 1.54) is 4.90 Å². The fraction of sp³-hybridized carbons (Fsp3) is 0.625. The number of rotatable bonds is 9. The van der Waals surface area contributed by atoms with E-state index in [0.717, 1.165) is 24.8 Å². The highest BCUT2D eigenvalue weighted by atomic mass is 32.2. The van der Waals surface area contributed by atoms with Crippen molar-refractivity contribution in [2.45, 2.75) is 126 Å². The normalized spacial score (nSPS) is 27.5. The molecule has 4 fully saturated rings. The first-order valence-corrected chi connectivity index (χ1v) is 21.4. The molecule has 0 spiro atoms. The van der Waals surface area contributed by atoms with Crippen LogP contribution in [0.3, 0.4) is 0 Å². The smallest absolute Gasteiger partial charge is 0.318 e. The Morgan fingerprint density at radius 2 is 1.84 bits per heavy atom. The summed E-state index contributed by atoms with van der Waals surface area (Å²) in [4.78, 5) is 64.1. The minimum Gasteiger partial charge on any atom is -0.496 e. The van der Waals surface area contributed by atoms with Gasteiger partial charge in [-0.15, -0.1) is 0 Å². The van der Waals surface area contributed by atoms with Crippen molar-refractivity contribution in [2.75, 3.05) is 26.7 Å². The summed E-state index contributed by atoms with van der Waals surface area (Å²) >= 11 is 0. The number of urea groups is 1. The van der Waals surface area contributed by atoms with Crippen LogP contribution in [-0.2, 0) is 24.4 Å². The van der Waals surface area contributed by atoms with Crippen LogP contribution in [0.15, 0.2) is 30.4 Å². The number of hydrogen-bond acceptors (Lipinski definition) is 10. The van der Waals surface area contributed by atoms with Crippen molar-refractivity contribution in [3.63, 3.8) is 0 Å². The molecule has 2 saturated carbocycles. The van der Waals surface area contributed by atoms with Crippen LogP contribution in [0.1, 0.15) is 90.5 Å². The second kappa shape index (κ2) is 15.4. The Labute approximate surface area is 328 Å². The number of carbonyl (C=O) groups is 4. The van der Waals surface area contributed by atoms with Crippen molar-refractivity contribution < 1.29 is 41.8 Å². The maximum Gasteiger partial charge on any atom is 0.318 e. The number of hydrogen-bond donors (Lipinski definition) is 3. The van der Waals surface area contributed by atoms with Gasteiger partial charge >= 0.3 is 6.03 Å². The fourth-order valence-corrected chi connectivity index (χ4v) is 9.18. The number of aryl methyl sites for hydroxylation is 1. The Hall–Kier alpha value is -4.60. The number of allylic oxidation sites excluding steroid dienone is 1. The Morgan fingerprint density at radius 3 is 2.52 bits per heavy atom. The van der Waals surface area contributed by atoms with Gasteiger partial charge in [-0.25, -0.2) is 18.2 Å². The standard InChI is InChI=1S/C40H54N6O9S/c1-24(2)54-33-21-32(28-14-15-31(53-5)25(3)34(28)42-33)55-27-20-30-35(47)43-40(37(49)44-56(51,52)39(4)16-17-39)22-26(40)12-9-7-6-8-10-13-29(36(48)46(30)23-27)41-38(50)45-18-11-19-45/h9,12,14-15,21,24,26-27,29-30H,6-8,10-11,13,16-20,22-23H2,1-5H3,(H,41,50)(H,43,47)(H,44,49)/t26-,27-,29+,30+,40-/m1/s1. The average Bonchev–Trinajstić information content (AvgIpc) is 3.99. The molecule has 16 heteroatoms. The number of aromatic nitrogens is 1. The van der Waals surface area contributed by atoms with Crippen molar-refractivity contribution in [3.8, 4) is 17.4 Å². The summed E-state index contributed by atoms with van der Waals surface area (Å²) in [5, 5.41) is 6.56. The number of benzene rings is 1. The zero-order chi connectivity index (χ0) is 40.0. The zero-order valence-electron chi connectivity index (χ0n) is 32.9. The van der Waals surface area contributed by atoms with E-state index in [4.69, 9.17) is 19.2 Å². The molecule has 2 saturated heterocycles. The molecule has 304 valence electrons. The maximum atomic E-state index is 14.6. The summed E-state index contributed by atoms with van der Waals surface area (Å²) in [5.74, 6) is -0.805. The van der Waals surface area contributed by atoms with Gasteiger partial charge in [0.25, 0.3) is 5.91 Å². The molecule has 3 N–H and O–H groups in total. The molecule has 2 aliphatic carbocycles. The summed E-state index contributed by atoms with van der Waals surface area (Å²) in [5.41, 5.74) is -0.109. The highest BCUT2D eigenvalue weighted by Crippen LogP contribution is 2.47. The highest BCUT2D eigenvalue weighted by Gasteiger charge is 2.63. The van der Waals surface area contributed by atoms with Crippen LogP contribution in [0.25, 0.3) is 10.9 Å². The average molecular weight is 795 g/mol. The second-order valence-corrected chi connectivity index (χ2v) is 18.7. The van der Waals surface area contributed by atoms with Crippen molar-refractivity contribution in [3.05, 3.63) is 35.9 Å². The second-order valence-electron chi connectivity index (χ2n) is 16.5. The largest absolute Gasteiger partial charge is 0.496 e. The molecule has 4 heterocycles. The molecule has 1 aromatic heterocycles. The first-order chi connectivity index (χ1) is 26.6. The minimum absolute atomic E-state index is 0.0155. The number of carbonyl (C=O) groups excluding carboxylic acids is 4. The van der Waals surface area contributed by atoms with Crippen LogP contribution in [-0.4, -0.2) is 108 Å². The zero-order valence-corrected chi connectivity index (χ0v) is 33.7. The molecule has 0 radical (unpaired) electrons. The predicted molar refractivity (Wildman–Crippen MR) is 208 cm³/mol. The number of methoxy groups -OCH3 is 1. The number of pyridine rings is 1. The van der Waals surface area contributed by atoms with E-state index in [9.17, 15) is 27.6 Å². The van der Waals surface area contributed by atoms with Gasteiger partial charge in [-0.3, -0.25) is 19.1 Å². The lowest BCUT2D eigenvalue weighted by Crippen LogP contribution is -2.59. The van der Waals surface area contributed by atoms with Crippen molar-refractivity contribution in [1.82, 2.24) is 30.1 Å². The van der Waals surface area contributed by atoms with E-state index in [2.05, 4.69) is 15.4 Å². The third kappa shape index (κ3) is 7.85. The van der Waals surface area contributed by atoms with E-state index in [1.54, 1.807) is 25.0 Å². The lowest BCUT2D eigenvalue weighted by atomic mass is 10.0. The van der Waals surface area contributed by atoms with Gasteiger partial charge in [0.05, 0.1) is 30.0 Å². The van der Waals surface area contributed by atoms with Crippen molar-refractivity contribution >= 4 is 44.7 Å². The molecule has 7 rings (SSSR count). The molecule has 56 heavy (non-hydrogen) atoms. The van der Waals surface area contributed by atoms with Gasteiger partial charge in [-0.1, -0.05) is 25.0 Å². The van der Waals surface area contributed by atoms with E-state index in [1.807, 2.05) is 45.1 Å². The summed E-state index contributed by atoms with van der Waals surface area (Å²) < 4.78 is 45.9. The lowest BCUT2D eigenvalue weighted by Gasteiger charge is -2.34. The van der Waals surface area contributed by atoms with Crippen molar-refractivity contribution in [2.24, 2.45) is 5.92 Å². The molecular weight excluding hydrogens is 741 g/mol. The van der Waals surface area contributed by atoms with Crippen LogP contribution < -0.4 is 29.6 Å². The van der Waals surface area contributed by atoms with Crippen LogP contribution in [0.4, 0.5) is 4.79 Å². The molecule has 5 atom stereocenters. The van der Waals surface area contributed by atoms with Gasteiger partial charge in [0.1, 0.15) is 35.2 Å². The van der Waals surface area contributed by atoms with Gasteiger partial charge < -0.3 is 34.6 Å². The van der Waals surface area contributed by atoms with Gasteiger partial charge in [0.15, 0.2) is 0 Å². The molecule has 2 aromatic rings. The monoisotopic (exact) mass is 794 g/mol.